The zero-order chi connectivity index (χ0) is 21.3. The van der Waals surface area contributed by atoms with Crippen LogP contribution in [0.5, 0.6) is 11.5 Å². The van der Waals surface area contributed by atoms with E-state index in [0.717, 1.165) is 23.3 Å². The smallest absolute Gasteiger partial charge is 0.226 e. The van der Waals surface area contributed by atoms with Crippen molar-refractivity contribution in [2.45, 2.75) is 26.2 Å². The largest absolute Gasteiger partial charge is 0.490 e. The van der Waals surface area contributed by atoms with Crippen molar-refractivity contribution in [1.82, 2.24) is 9.78 Å². The van der Waals surface area contributed by atoms with Gasteiger partial charge >= 0.3 is 0 Å². The van der Waals surface area contributed by atoms with Crippen molar-refractivity contribution in [3.63, 3.8) is 0 Å². The van der Waals surface area contributed by atoms with E-state index in [-0.39, 0.29) is 23.9 Å². The first-order valence-corrected chi connectivity index (χ1v) is 9.74. The van der Waals surface area contributed by atoms with Crippen molar-refractivity contribution in [2.24, 2.45) is 0 Å². The molecule has 1 N–H and O–H groups in total. The van der Waals surface area contributed by atoms with Gasteiger partial charge in [-0.2, -0.15) is 5.10 Å². The topological polar surface area (TPSA) is 65.4 Å². The van der Waals surface area contributed by atoms with E-state index >= 15 is 0 Å². The molecule has 30 heavy (non-hydrogen) atoms. The number of carbonyl (C=O) groups excluding carboxylic acids is 1. The molecule has 6 nitrogen and oxygen atoms in total. The molecule has 0 fully saturated rings. The van der Waals surface area contributed by atoms with Gasteiger partial charge in [-0.05, 0) is 43.7 Å². The standard InChI is InChI=1S/C22H21F2N3O3/c1-3-29-19-8-5-13(9-20(19)30-4-2)15-11-21(28)26-22-16(15)12-25-27(22)18-7-6-14(23)10-17(18)24/h5-10,12,15H,3-4,11H2,1-2H3,(H,26,28). The molecule has 0 saturated carbocycles. The summed E-state index contributed by atoms with van der Waals surface area (Å²) in [6.45, 7) is 4.76. The number of anilines is 1. The van der Waals surface area contributed by atoms with Crippen LogP contribution in [0.2, 0.25) is 0 Å². The van der Waals surface area contributed by atoms with Gasteiger partial charge in [0.1, 0.15) is 17.3 Å². The number of amides is 1. The number of hydrogen-bond acceptors (Lipinski definition) is 4. The number of carbonyl (C=O) groups is 1. The van der Waals surface area contributed by atoms with Gasteiger partial charge in [0.05, 0.1) is 19.4 Å². The van der Waals surface area contributed by atoms with Crippen molar-refractivity contribution in [3.05, 3.63) is 65.4 Å². The average molecular weight is 413 g/mol. The second kappa shape index (κ2) is 8.14. The minimum Gasteiger partial charge on any atom is -0.490 e. The molecule has 0 spiro atoms. The third-order valence-corrected chi connectivity index (χ3v) is 4.93. The van der Waals surface area contributed by atoms with Gasteiger partial charge in [-0.1, -0.05) is 6.07 Å². The van der Waals surface area contributed by atoms with Crippen molar-refractivity contribution in [1.29, 1.82) is 0 Å². The lowest BCUT2D eigenvalue weighted by Gasteiger charge is -2.24. The Morgan fingerprint density at radius 1 is 1.10 bits per heavy atom. The molecule has 4 rings (SSSR count). The molecule has 0 aliphatic carbocycles. The zero-order valence-corrected chi connectivity index (χ0v) is 16.6. The summed E-state index contributed by atoms with van der Waals surface area (Å²) in [6.07, 6.45) is 1.81. The Labute approximate surface area is 172 Å². The Hall–Kier alpha value is -3.42. The maximum absolute atomic E-state index is 14.3. The highest BCUT2D eigenvalue weighted by atomic mass is 19.1. The SMILES string of the molecule is CCOc1ccc(C2CC(=O)Nc3c2cnn3-c2ccc(F)cc2F)cc1OCC. The minimum atomic E-state index is -0.767. The molecule has 1 unspecified atom stereocenters. The summed E-state index contributed by atoms with van der Waals surface area (Å²) in [5, 5.41) is 7.02. The van der Waals surface area contributed by atoms with E-state index in [0.29, 0.717) is 30.5 Å². The fourth-order valence-corrected chi connectivity index (χ4v) is 3.64. The predicted octanol–water partition coefficient (Wildman–Crippen LogP) is 4.42. The number of aromatic nitrogens is 2. The van der Waals surface area contributed by atoms with Gasteiger partial charge in [-0.15, -0.1) is 0 Å². The van der Waals surface area contributed by atoms with E-state index in [9.17, 15) is 13.6 Å². The van der Waals surface area contributed by atoms with Crippen LogP contribution in [-0.4, -0.2) is 28.9 Å². The fraction of sp³-hybridized carbons (Fsp3) is 0.273. The third-order valence-electron chi connectivity index (χ3n) is 4.93. The molecule has 0 saturated heterocycles. The maximum Gasteiger partial charge on any atom is 0.226 e. The number of ether oxygens (including phenoxy) is 2. The Morgan fingerprint density at radius 3 is 2.60 bits per heavy atom. The van der Waals surface area contributed by atoms with Crippen LogP contribution in [0.3, 0.4) is 0 Å². The normalized spacial score (nSPS) is 15.5. The first-order chi connectivity index (χ1) is 14.5. The Balaban J connectivity index is 1.77. The molecule has 1 aromatic heterocycles. The number of hydrogen-bond donors (Lipinski definition) is 1. The molecule has 1 atom stereocenters. The molecule has 0 radical (unpaired) electrons. The first kappa shape index (κ1) is 19.9. The highest BCUT2D eigenvalue weighted by Crippen LogP contribution is 2.41. The van der Waals surface area contributed by atoms with Crippen LogP contribution in [0, 0.1) is 11.6 Å². The lowest BCUT2D eigenvalue weighted by atomic mass is 9.87. The van der Waals surface area contributed by atoms with Crippen LogP contribution in [-0.2, 0) is 4.79 Å². The van der Waals surface area contributed by atoms with Crippen molar-refractivity contribution >= 4 is 11.7 Å². The van der Waals surface area contributed by atoms with E-state index in [2.05, 4.69) is 10.4 Å². The lowest BCUT2D eigenvalue weighted by molar-refractivity contribution is -0.116. The molecule has 156 valence electrons. The number of halogens is 2. The fourth-order valence-electron chi connectivity index (χ4n) is 3.64. The van der Waals surface area contributed by atoms with Crippen molar-refractivity contribution in [2.75, 3.05) is 18.5 Å². The second-order valence-electron chi connectivity index (χ2n) is 6.83. The highest BCUT2D eigenvalue weighted by Gasteiger charge is 2.31. The quantitative estimate of drug-likeness (QED) is 0.650. The molecule has 2 aromatic carbocycles. The van der Waals surface area contributed by atoms with E-state index in [1.807, 2.05) is 32.0 Å². The van der Waals surface area contributed by atoms with Crippen LogP contribution in [0.4, 0.5) is 14.6 Å². The van der Waals surface area contributed by atoms with Crippen LogP contribution < -0.4 is 14.8 Å². The lowest BCUT2D eigenvalue weighted by Crippen LogP contribution is -2.24. The summed E-state index contributed by atoms with van der Waals surface area (Å²) in [4.78, 5) is 12.4. The molecule has 3 aromatic rings. The average Bonchev–Trinajstić information content (AvgIpc) is 3.12. The monoisotopic (exact) mass is 413 g/mol. The number of nitrogens with one attached hydrogen (secondary N) is 1. The Kier molecular flexibility index (Phi) is 5.39. The molecule has 1 aliphatic rings. The van der Waals surface area contributed by atoms with E-state index in [1.54, 1.807) is 6.20 Å². The number of nitrogens with zero attached hydrogens (tertiary/aromatic N) is 2. The van der Waals surface area contributed by atoms with Crippen molar-refractivity contribution < 1.29 is 23.0 Å². The molecular weight excluding hydrogens is 392 g/mol. The Bertz CT molecular complexity index is 1100. The van der Waals surface area contributed by atoms with Crippen LogP contribution >= 0.6 is 0 Å². The van der Waals surface area contributed by atoms with E-state index in [4.69, 9.17) is 9.47 Å². The first-order valence-electron chi connectivity index (χ1n) is 9.74. The third kappa shape index (κ3) is 3.60. The number of rotatable bonds is 6. The van der Waals surface area contributed by atoms with Crippen LogP contribution in [0.25, 0.3) is 5.69 Å². The summed E-state index contributed by atoms with van der Waals surface area (Å²) < 4.78 is 40.2. The summed E-state index contributed by atoms with van der Waals surface area (Å²) in [5.74, 6) is -0.360. The summed E-state index contributed by atoms with van der Waals surface area (Å²) in [5.41, 5.74) is 1.65. The van der Waals surface area contributed by atoms with Gasteiger partial charge in [0.15, 0.2) is 17.3 Å². The van der Waals surface area contributed by atoms with Gasteiger partial charge in [0.2, 0.25) is 5.91 Å². The summed E-state index contributed by atoms with van der Waals surface area (Å²) in [7, 11) is 0. The predicted molar refractivity (Wildman–Crippen MR) is 107 cm³/mol. The van der Waals surface area contributed by atoms with Crippen LogP contribution in [0.15, 0.2) is 42.6 Å². The van der Waals surface area contributed by atoms with Crippen LogP contribution in [0.1, 0.15) is 37.3 Å². The number of benzene rings is 2. The van der Waals surface area contributed by atoms with Gasteiger partial charge in [-0.3, -0.25) is 4.79 Å². The highest BCUT2D eigenvalue weighted by molar-refractivity contribution is 5.94. The van der Waals surface area contributed by atoms with Gasteiger partial charge in [0, 0.05) is 24.0 Å². The van der Waals surface area contributed by atoms with E-state index < -0.39 is 11.6 Å². The minimum absolute atomic E-state index is 0.0558. The molecule has 1 amide bonds. The molecular formula is C22H21F2N3O3. The molecule has 1 aliphatic heterocycles. The molecule has 2 heterocycles. The molecule has 8 heteroatoms. The van der Waals surface area contributed by atoms with Crippen molar-refractivity contribution in [3.8, 4) is 17.2 Å². The van der Waals surface area contributed by atoms with E-state index in [1.165, 1.54) is 10.7 Å². The van der Waals surface area contributed by atoms with Gasteiger partial charge in [0.25, 0.3) is 0 Å². The van der Waals surface area contributed by atoms with Gasteiger partial charge < -0.3 is 14.8 Å². The summed E-state index contributed by atoms with van der Waals surface area (Å²) >= 11 is 0. The summed E-state index contributed by atoms with van der Waals surface area (Å²) in [6, 6.07) is 8.79. The number of fused-ring (bicyclic) bond motifs is 1. The Morgan fingerprint density at radius 2 is 1.87 bits per heavy atom. The van der Waals surface area contributed by atoms with Gasteiger partial charge in [-0.25, -0.2) is 13.5 Å². The zero-order valence-electron chi connectivity index (χ0n) is 16.6. The second-order valence-corrected chi connectivity index (χ2v) is 6.83. The maximum atomic E-state index is 14.3. The molecule has 0 bridgehead atoms.